The fourth-order valence-corrected chi connectivity index (χ4v) is 3.69. The molecule has 154 valence electrons. The lowest BCUT2D eigenvalue weighted by Crippen LogP contribution is -2.40. The molecule has 1 aromatic carbocycles. The molecule has 0 bridgehead atoms. The van der Waals surface area contributed by atoms with Gasteiger partial charge in [-0.15, -0.1) is 0 Å². The highest BCUT2D eigenvalue weighted by molar-refractivity contribution is 5.93. The number of oxime groups is 1. The standard InChI is InChI=1S/C20H23N5O3.H2O/c1-25(15-5-3-2-4-6-15)18(26)12-28-21-11-13-7-8-16-14(9-13)10-17-19(22-16)24-20(27)23-17;/h7-11,15H,2-6,12H2,1H3,(H2,22,23,24,27);1H2/b21-11+;. The second-order valence-corrected chi connectivity index (χ2v) is 7.22. The number of imidazole rings is 1. The molecule has 2 aromatic heterocycles. The van der Waals surface area contributed by atoms with Gasteiger partial charge in [0, 0.05) is 18.5 Å². The lowest BCUT2D eigenvalue weighted by Gasteiger charge is -2.30. The van der Waals surface area contributed by atoms with Crippen molar-refractivity contribution in [3.05, 3.63) is 40.3 Å². The number of hydrogen-bond donors (Lipinski definition) is 2. The van der Waals surface area contributed by atoms with E-state index in [1.165, 1.54) is 19.3 Å². The van der Waals surface area contributed by atoms with E-state index in [4.69, 9.17) is 4.84 Å². The van der Waals surface area contributed by atoms with Crippen molar-refractivity contribution in [3.63, 3.8) is 0 Å². The van der Waals surface area contributed by atoms with Gasteiger partial charge in [-0.1, -0.05) is 30.5 Å². The Kier molecular flexibility index (Phi) is 6.28. The van der Waals surface area contributed by atoms with Crippen LogP contribution in [0, 0.1) is 0 Å². The van der Waals surface area contributed by atoms with Gasteiger partial charge in [-0.2, -0.15) is 0 Å². The number of likely N-dealkylation sites (N-methyl/N-ethyl adjacent to an activating group) is 1. The molecule has 0 aliphatic heterocycles. The number of rotatable bonds is 5. The van der Waals surface area contributed by atoms with E-state index in [0.717, 1.165) is 29.3 Å². The summed E-state index contributed by atoms with van der Waals surface area (Å²) in [5.74, 6) is -0.0504. The number of amides is 1. The van der Waals surface area contributed by atoms with Crippen LogP contribution in [0.2, 0.25) is 0 Å². The number of benzene rings is 1. The molecule has 0 spiro atoms. The summed E-state index contributed by atoms with van der Waals surface area (Å²) in [5.41, 5.74) is 2.49. The van der Waals surface area contributed by atoms with Crippen LogP contribution in [-0.4, -0.2) is 57.1 Å². The molecule has 0 saturated heterocycles. The fraction of sp³-hybridized carbons (Fsp3) is 0.400. The van der Waals surface area contributed by atoms with Gasteiger partial charge >= 0.3 is 5.69 Å². The van der Waals surface area contributed by atoms with Crippen LogP contribution in [0.1, 0.15) is 37.7 Å². The minimum absolute atomic E-state index is 0. The van der Waals surface area contributed by atoms with E-state index in [9.17, 15) is 9.59 Å². The number of nitrogens with one attached hydrogen (secondary N) is 2. The first-order valence-electron chi connectivity index (χ1n) is 9.54. The minimum Gasteiger partial charge on any atom is -0.412 e. The summed E-state index contributed by atoms with van der Waals surface area (Å²) < 4.78 is 0. The molecular weight excluding hydrogens is 374 g/mol. The zero-order chi connectivity index (χ0) is 19.5. The van der Waals surface area contributed by atoms with Crippen molar-refractivity contribution in [3.8, 4) is 0 Å². The van der Waals surface area contributed by atoms with Crippen molar-refractivity contribution in [1.29, 1.82) is 0 Å². The molecule has 1 amide bonds. The Labute approximate surface area is 167 Å². The molecule has 0 atom stereocenters. The molecule has 2 heterocycles. The van der Waals surface area contributed by atoms with Crippen LogP contribution in [-0.2, 0) is 9.63 Å². The highest BCUT2D eigenvalue weighted by Crippen LogP contribution is 2.21. The molecule has 1 aliphatic rings. The molecule has 1 aliphatic carbocycles. The third kappa shape index (κ3) is 4.62. The second-order valence-electron chi connectivity index (χ2n) is 7.22. The lowest BCUT2D eigenvalue weighted by molar-refractivity contribution is -0.137. The smallest absolute Gasteiger partial charge is 0.325 e. The summed E-state index contributed by atoms with van der Waals surface area (Å²) in [6.07, 6.45) is 7.32. The number of pyridine rings is 1. The summed E-state index contributed by atoms with van der Waals surface area (Å²) >= 11 is 0. The van der Waals surface area contributed by atoms with E-state index < -0.39 is 0 Å². The number of aromatic nitrogens is 3. The Morgan fingerprint density at radius 1 is 1.28 bits per heavy atom. The Hall–Kier alpha value is -3.20. The first-order valence-corrected chi connectivity index (χ1v) is 9.54. The topological polar surface area (TPSA) is 135 Å². The lowest BCUT2D eigenvalue weighted by atomic mass is 9.94. The van der Waals surface area contributed by atoms with Crippen LogP contribution in [0.5, 0.6) is 0 Å². The second kappa shape index (κ2) is 8.87. The zero-order valence-electron chi connectivity index (χ0n) is 16.3. The first-order chi connectivity index (χ1) is 13.6. The van der Waals surface area contributed by atoms with E-state index in [2.05, 4.69) is 20.1 Å². The van der Waals surface area contributed by atoms with Crippen molar-refractivity contribution in [2.24, 2.45) is 5.16 Å². The van der Waals surface area contributed by atoms with Crippen LogP contribution in [0.15, 0.2) is 34.2 Å². The fourth-order valence-electron chi connectivity index (χ4n) is 3.69. The van der Waals surface area contributed by atoms with Crippen LogP contribution >= 0.6 is 0 Å². The molecule has 0 unspecified atom stereocenters. The van der Waals surface area contributed by atoms with Crippen molar-refractivity contribution in [1.82, 2.24) is 19.9 Å². The molecular formula is C20H25N5O4. The zero-order valence-corrected chi connectivity index (χ0v) is 16.3. The van der Waals surface area contributed by atoms with Gasteiger partial charge in [0.05, 0.1) is 17.2 Å². The van der Waals surface area contributed by atoms with Crippen molar-refractivity contribution in [2.75, 3.05) is 13.7 Å². The minimum atomic E-state index is -0.282. The van der Waals surface area contributed by atoms with E-state index >= 15 is 0 Å². The average Bonchev–Trinajstić information content (AvgIpc) is 3.08. The Bertz CT molecular complexity index is 1080. The van der Waals surface area contributed by atoms with Crippen molar-refractivity contribution < 1.29 is 15.1 Å². The first kappa shape index (κ1) is 20.5. The molecule has 3 aromatic rings. The maximum Gasteiger partial charge on any atom is 0.325 e. The Balaban J connectivity index is 0.00000240. The van der Waals surface area contributed by atoms with E-state index in [0.29, 0.717) is 17.2 Å². The summed E-state index contributed by atoms with van der Waals surface area (Å²) in [5, 5.41) is 4.80. The van der Waals surface area contributed by atoms with Gasteiger partial charge in [-0.05, 0) is 36.6 Å². The number of hydrogen-bond acceptors (Lipinski definition) is 5. The van der Waals surface area contributed by atoms with Gasteiger partial charge in [0.15, 0.2) is 12.3 Å². The molecule has 0 radical (unpaired) electrons. The number of carbonyl (C=O) groups excluding carboxylic acids is 1. The summed E-state index contributed by atoms with van der Waals surface area (Å²) in [7, 11) is 1.84. The molecule has 4 rings (SSSR count). The van der Waals surface area contributed by atoms with Gasteiger partial charge in [-0.3, -0.25) is 9.78 Å². The summed E-state index contributed by atoms with van der Waals surface area (Å²) in [6, 6.07) is 7.78. The molecule has 9 nitrogen and oxygen atoms in total. The third-order valence-corrected chi connectivity index (χ3v) is 5.30. The number of H-pyrrole nitrogens is 2. The van der Waals surface area contributed by atoms with E-state index in [1.54, 1.807) is 11.1 Å². The average molecular weight is 399 g/mol. The van der Waals surface area contributed by atoms with Crippen LogP contribution < -0.4 is 5.69 Å². The predicted octanol–water partition coefficient (Wildman–Crippen LogP) is 1.72. The summed E-state index contributed by atoms with van der Waals surface area (Å²) in [4.78, 5) is 40.4. The molecule has 1 fully saturated rings. The highest BCUT2D eigenvalue weighted by Gasteiger charge is 2.22. The Morgan fingerprint density at radius 3 is 2.86 bits per heavy atom. The van der Waals surface area contributed by atoms with Crippen molar-refractivity contribution in [2.45, 2.75) is 38.1 Å². The monoisotopic (exact) mass is 399 g/mol. The van der Waals surface area contributed by atoms with Crippen molar-refractivity contribution >= 4 is 34.2 Å². The van der Waals surface area contributed by atoms with Gasteiger partial charge < -0.3 is 20.2 Å². The quantitative estimate of drug-likeness (QED) is 0.499. The van der Waals surface area contributed by atoms with Gasteiger partial charge in [0.2, 0.25) is 0 Å². The molecule has 29 heavy (non-hydrogen) atoms. The molecule has 4 N–H and O–H groups in total. The van der Waals surface area contributed by atoms with Gasteiger partial charge in [0.25, 0.3) is 5.91 Å². The third-order valence-electron chi connectivity index (χ3n) is 5.30. The van der Waals surface area contributed by atoms with Gasteiger partial charge in [0.1, 0.15) is 0 Å². The van der Waals surface area contributed by atoms with E-state index in [1.807, 2.05) is 31.3 Å². The SMILES string of the molecule is CN(C(=O)CO/N=C/c1ccc2nc3[nH]c(=O)[nH]c3cc2c1)C1CCCCC1.O. The van der Waals surface area contributed by atoms with Gasteiger partial charge in [-0.25, -0.2) is 9.78 Å². The Morgan fingerprint density at radius 2 is 2.07 bits per heavy atom. The maximum atomic E-state index is 12.2. The summed E-state index contributed by atoms with van der Waals surface area (Å²) in [6.45, 7) is -0.0656. The number of nitrogens with zero attached hydrogens (tertiary/aromatic N) is 3. The van der Waals surface area contributed by atoms with Crippen LogP contribution in [0.25, 0.3) is 22.1 Å². The number of fused-ring (bicyclic) bond motifs is 2. The normalized spacial score (nSPS) is 14.9. The molecule has 1 saturated carbocycles. The largest absolute Gasteiger partial charge is 0.412 e. The predicted molar refractivity (Wildman–Crippen MR) is 111 cm³/mol. The maximum absolute atomic E-state index is 12.2. The van der Waals surface area contributed by atoms with Crippen LogP contribution in [0.4, 0.5) is 0 Å². The molecule has 9 heteroatoms. The van der Waals surface area contributed by atoms with E-state index in [-0.39, 0.29) is 23.7 Å². The van der Waals surface area contributed by atoms with Crippen LogP contribution in [0.3, 0.4) is 0 Å². The number of aromatic amines is 2. The number of carbonyl (C=O) groups is 1. The highest BCUT2D eigenvalue weighted by atomic mass is 16.6.